The number of rotatable bonds is 8. The van der Waals surface area contributed by atoms with Crippen LogP contribution in [0.5, 0.6) is 0 Å². The molecular formula is C10H17N3O3. The van der Waals surface area contributed by atoms with Crippen LogP contribution in [0.15, 0.2) is 6.20 Å². The summed E-state index contributed by atoms with van der Waals surface area (Å²) in [5.74, 6) is 0. The van der Waals surface area contributed by atoms with Crippen molar-refractivity contribution in [2.75, 3.05) is 13.2 Å². The van der Waals surface area contributed by atoms with E-state index < -0.39 is 6.10 Å². The van der Waals surface area contributed by atoms with Crippen molar-refractivity contribution in [3.63, 3.8) is 0 Å². The number of nitrogens with zero attached hydrogens (tertiary/aromatic N) is 3. The molecule has 16 heavy (non-hydrogen) atoms. The SMILES string of the molecule is CCCCOCC(O)Cn1cc(C=O)nn1. The van der Waals surface area contributed by atoms with Crippen molar-refractivity contribution < 1.29 is 14.6 Å². The molecule has 6 heteroatoms. The third-order valence-electron chi connectivity index (χ3n) is 2.03. The summed E-state index contributed by atoms with van der Waals surface area (Å²) in [5.41, 5.74) is 0.263. The molecule has 0 aromatic carbocycles. The molecule has 0 spiro atoms. The van der Waals surface area contributed by atoms with Crippen molar-refractivity contribution in [2.24, 2.45) is 0 Å². The maximum atomic E-state index is 10.3. The first kappa shape index (κ1) is 12.8. The molecule has 0 aliphatic rings. The largest absolute Gasteiger partial charge is 0.389 e. The third kappa shape index (κ3) is 4.50. The molecule has 1 unspecified atom stereocenters. The van der Waals surface area contributed by atoms with Crippen LogP contribution in [0.25, 0.3) is 0 Å². The zero-order valence-corrected chi connectivity index (χ0v) is 9.37. The normalized spacial score (nSPS) is 12.6. The molecule has 1 rings (SSSR count). The molecule has 0 saturated heterocycles. The van der Waals surface area contributed by atoms with Crippen LogP contribution in [0, 0.1) is 0 Å². The zero-order valence-electron chi connectivity index (χ0n) is 9.37. The second-order valence-corrected chi connectivity index (χ2v) is 3.57. The molecule has 0 bridgehead atoms. The van der Waals surface area contributed by atoms with Gasteiger partial charge in [-0.05, 0) is 6.42 Å². The van der Waals surface area contributed by atoms with E-state index in [0.717, 1.165) is 12.8 Å². The Morgan fingerprint density at radius 2 is 2.50 bits per heavy atom. The Morgan fingerprint density at radius 3 is 3.12 bits per heavy atom. The summed E-state index contributed by atoms with van der Waals surface area (Å²) in [6.07, 6.45) is 3.54. The monoisotopic (exact) mass is 227 g/mol. The standard InChI is InChI=1S/C10H17N3O3/c1-2-3-4-16-8-10(15)6-13-5-9(7-14)11-12-13/h5,7,10,15H,2-4,6,8H2,1H3. The van der Waals surface area contributed by atoms with Crippen LogP contribution in [0.4, 0.5) is 0 Å². The lowest BCUT2D eigenvalue weighted by molar-refractivity contribution is 0.0251. The molecule has 90 valence electrons. The summed E-state index contributed by atoms with van der Waals surface area (Å²) < 4.78 is 6.69. The summed E-state index contributed by atoms with van der Waals surface area (Å²) in [5, 5.41) is 16.9. The number of hydrogen-bond acceptors (Lipinski definition) is 5. The van der Waals surface area contributed by atoms with Gasteiger partial charge >= 0.3 is 0 Å². The summed E-state index contributed by atoms with van der Waals surface area (Å²) >= 11 is 0. The lowest BCUT2D eigenvalue weighted by Gasteiger charge is -2.10. The Hall–Kier alpha value is -1.27. The predicted octanol–water partition coefficient (Wildman–Crippen LogP) is 0.268. The van der Waals surface area contributed by atoms with Crippen LogP contribution in [-0.4, -0.2) is 45.7 Å². The van der Waals surface area contributed by atoms with Crippen LogP contribution in [-0.2, 0) is 11.3 Å². The first-order chi connectivity index (χ1) is 7.76. The third-order valence-corrected chi connectivity index (χ3v) is 2.03. The van der Waals surface area contributed by atoms with Gasteiger partial charge < -0.3 is 9.84 Å². The quantitative estimate of drug-likeness (QED) is 0.509. The highest BCUT2D eigenvalue weighted by Gasteiger charge is 2.07. The Labute approximate surface area is 94.2 Å². The number of carbonyl (C=O) groups is 1. The Balaban J connectivity index is 2.22. The van der Waals surface area contributed by atoms with Crippen LogP contribution in [0.1, 0.15) is 30.3 Å². The summed E-state index contributed by atoms with van der Waals surface area (Å²) in [7, 11) is 0. The average molecular weight is 227 g/mol. The van der Waals surface area contributed by atoms with E-state index in [1.54, 1.807) is 0 Å². The maximum absolute atomic E-state index is 10.3. The molecule has 1 N–H and O–H groups in total. The topological polar surface area (TPSA) is 77.2 Å². The molecule has 0 fully saturated rings. The molecular weight excluding hydrogens is 210 g/mol. The molecule has 0 aliphatic carbocycles. The van der Waals surface area contributed by atoms with Crippen molar-refractivity contribution in [3.05, 3.63) is 11.9 Å². The summed E-state index contributed by atoms with van der Waals surface area (Å²) in [4.78, 5) is 10.3. The summed E-state index contributed by atoms with van der Waals surface area (Å²) in [6, 6.07) is 0. The number of carbonyl (C=O) groups excluding carboxylic acids is 1. The van der Waals surface area contributed by atoms with Gasteiger partial charge in [-0.25, -0.2) is 4.68 Å². The molecule has 1 heterocycles. The molecule has 1 atom stereocenters. The van der Waals surface area contributed by atoms with E-state index in [9.17, 15) is 9.90 Å². The van der Waals surface area contributed by atoms with E-state index in [-0.39, 0.29) is 18.8 Å². The smallest absolute Gasteiger partial charge is 0.171 e. The van der Waals surface area contributed by atoms with Gasteiger partial charge in [-0.15, -0.1) is 5.10 Å². The average Bonchev–Trinajstić information content (AvgIpc) is 2.72. The van der Waals surface area contributed by atoms with E-state index in [1.165, 1.54) is 10.9 Å². The molecule has 1 aromatic heterocycles. The van der Waals surface area contributed by atoms with Gasteiger partial charge in [-0.1, -0.05) is 18.6 Å². The maximum Gasteiger partial charge on any atom is 0.171 e. The highest BCUT2D eigenvalue weighted by atomic mass is 16.5. The fourth-order valence-electron chi connectivity index (χ4n) is 1.19. The molecule has 0 saturated carbocycles. The van der Waals surface area contributed by atoms with Gasteiger partial charge in [-0.2, -0.15) is 0 Å². The predicted molar refractivity (Wildman–Crippen MR) is 57.1 cm³/mol. The second kappa shape index (κ2) is 7.08. The van der Waals surface area contributed by atoms with Crippen molar-refractivity contribution in [1.29, 1.82) is 0 Å². The highest BCUT2D eigenvalue weighted by molar-refractivity contribution is 5.70. The molecule has 0 amide bonds. The minimum absolute atomic E-state index is 0.263. The number of aliphatic hydroxyl groups is 1. The Bertz CT molecular complexity index is 314. The van der Waals surface area contributed by atoms with E-state index >= 15 is 0 Å². The molecule has 1 aromatic rings. The van der Waals surface area contributed by atoms with E-state index in [2.05, 4.69) is 17.2 Å². The van der Waals surface area contributed by atoms with Gasteiger partial charge in [0.1, 0.15) is 5.69 Å². The van der Waals surface area contributed by atoms with Crippen molar-refractivity contribution >= 4 is 6.29 Å². The Morgan fingerprint density at radius 1 is 1.69 bits per heavy atom. The van der Waals surface area contributed by atoms with E-state index in [4.69, 9.17) is 4.74 Å². The van der Waals surface area contributed by atoms with Crippen molar-refractivity contribution in [1.82, 2.24) is 15.0 Å². The second-order valence-electron chi connectivity index (χ2n) is 3.57. The van der Waals surface area contributed by atoms with E-state index in [1.807, 2.05) is 0 Å². The summed E-state index contributed by atoms with van der Waals surface area (Å²) in [6.45, 7) is 3.30. The molecule has 0 radical (unpaired) electrons. The zero-order chi connectivity index (χ0) is 11.8. The van der Waals surface area contributed by atoms with Crippen LogP contribution < -0.4 is 0 Å². The van der Waals surface area contributed by atoms with Crippen molar-refractivity contribution in [3.8, 4) is 0 Å². The highest BCUT2D eigenvalue weighted by Crippen LogP contribution is 1.95. The molecule has 0 aliphatic heterocycles. The molecule has 6 nitrogen and oxygen atoms in total. The van der Waals surface area contributed by atoms with Gasteiger partial charge in [0.15, 0.2) is 6.29 Å². The minimum Gasteiger partial charge on any atom is -0.389 e. The number of ether oxygens (including phenoxy) is 1. The van der Waals surface area contributed by atoms with Gasteiger partial charge in [0, 0.05) is 6.61 Å². The van der Waals surface area contributed by atoms with Crippen LogP contribution >= 0.6 is 0 Å². The first-order valence-electron chi connectivity index (χ1n) is 5.37. The number of unbranched alkanes of at least 4 members (excludes halogenated alkanes) is 1. The number of hydrogen-bond donors (Lipinski definition) is 1. The lowest BCUT2D eigenvalue weighted by atomic mass is 10.3. The lowest BCUT2D eigenvalue weighted by Crippen LogP contribution is -2.22. The fraction of sp³-hybridized carbons (Fsp3) is 0.700. The van der Waals surface area contributed by atoms with Crippen LogP contribution in [0.3, 0.4) is 0 Å². The van der Waals surface area contributed by atoms with Gasteiger partial charge in [0.2, 0.25) is 0 Å². The van der Waals surface area contributed by atoms with E-state index in [0.29, 0.717) is 12.9 Å². The first-order valence-corrected chi connectivity index (χ1v) is 5.37. The van der Waals surface area contributed by atoms with Gasteiger partial charge in [0.05, 0.1) is 25.5 Å². The fourth-order valence-corrected chi connectivity index (χ4v) is 1.19. The number of aliphatic hydroxyl groups excluding tert-OH is 1. The van der Waals surface area contributed by atoms with Crippen molar-refractivity contribution in [2.45, 2.75) is 32.4 Å². The minimum atomic E-state index is -0.627. The van der Waals surface area contributed by atoms with Crippen LogP contribution in [0.2, 0.25) is 0 Å². The number of aldehydes is 1. The van der Waals surface area contributed by atoms with Gasteiger partial charge in [-0.3, -0.25) is 4.79 Å². The van der Waals surface area contributed by atoms with Gasteiger partial charge in [0.25, 0.3) is 0 Å². The number of aromatic nitrogens is 3. The Kier molecular flexibility index (Phi) is 5.66.